The van der Waals surface area contributed by atoms with Crippen LogP contribution in [0.4, 0.5) is 8.78 Å². The molecule has 0 saturated heterocycles. The number of nitrogens with zero attached hydrogens (tertiary/aromatic N) is 1. The average molecular weight is 352 g/mol. The Balaban J connectivity index is 1.93. The normalized spacial score (nSPS) is 30.1. The van der Waals surface area contributed by atoms with Gasteiger partial charge in [0, 0.05) is 17.8 Å². The predicted octanol–water partition coefficient (Wildman–Crippen LogP) is 4.08. The molecule has 0 aromatic rings. The van der Waals surface area contributed by atoms with Crippen LogP contribution in [0, 0.1) is 17.8 Å². The first kappa shape index (κ1) is 16.2. The molecule has 0 radical (unpaired) electrons. The molecule has 3 unspecified atom stereocenters. The lowest BCUT2D eigenvalue weighted by atomic mass is 9.67. The van der Waals surface area contributed by atoms with E-state index in [0.717, 1.165) is 25.2 Å². The molecule has 0 N–H and O–H groups in total. The van der Waals surface area contributed by atoms with Crippen LogP contribution in [0.15, 0.2) is 0 Å². The molecule has 0 aromatic carbocycles. The lowest BCUT2D eigenvalue weighted by Gasteiger charge is -2.40. The summed E-state index contributed by atoms with van der Waals surface area (Å²) in [6.45, 7) is -0.0389. The molecule has 5 heteroatoms. The van der Waals surface area contributed by atoms with E-state index >= 15 is 0 Å². The first-order valence-electron chi connectivity index (χ1n) is 7.74. The van der Waals surface area contributed by atoms with Gasteiger partial charge in [-0.3, -0.25) is 4.79 Å². The number of carbonyl (C=O) groups is 1. The summed E-state index contributed by atoms with van der Waals surface area (Å²) in [6.07, 6.45) is 5.59. The summed E-state index contributed by atoms with van der Waals surface area (Å²) in [5, 5.41) is 0.560. The van der Waals surface area contributed by atoms with Crippen LogP contribution in [-0.2, 0) is 4.79 Å². The molecule has 0 bridgehead atoms. The quantitative estimate of drug-likeness (QED) is 0.683. The van der Waals surface area contributed by atoms with E-state index in [2.05, 4.69) is 15.9 Å². The summed E-state index contributed by atoms with van der Waals surface area (Å²) < 4.78 is 25.2. The highest BCUT2D eigenvalue weighted by molar-refractivity contribution is 9.09. The molecule has 2 aliphatic rings. The highest BCUT2D eigenvalue weighted by atomic mass is 79.9. The number of hydrogen-bond donors (Lipinski definition) is 0. The highest BCUT2D eigenvalue weighted by Crippen LogP contribution is 2.43. The molecule has 2 rings (SSSR count). The largest absolute Gasteiger partial charge is 0.336 e. The van der Waals surface area contributed by atoms with Crippen LogP contribution in [0.2, 0.25) is 0 Å². The van der Waals surface area contributed by atoms with E-state index in [0.29, 0.717) is 17.8 Å². The first-order valence-corrected chi connectivity index (χ1v) is 8.87. The maximum atomic E-state index is 12.6. The molecule has 20 heavy (non-hydrogen) atoms. The van der Waals surface area contributed by atoms with Gasteiger partial charge in [0.05, 0.1) is 6.54 Å². The number of alkyl halides is 3. The van der Waals surface area contributed by atoms with E-state index in [1.807, 2.05) is 0 Å². The Bertz CT molecular complexity index is 327. The van der Waals surface area contributed by atoms with Gasteiger partial charge in [-0.15, -0.1) is 0 Å². The van der Waals surface area contributed by atoms with Crippen molar-refractivity contribution >= 4 is 21.8 Å². The Morgan fingerprint density at radius 2 is 1.85 bits per heavy atom. The van der Waals surface area contributed by atoms with Crippen LogP contribution in [0.5, 0.6) is 0 Å². The molecule has 2 nitrogen and oxygen atoms in total. The van der Waals surface area contributed by atoms with Crippen molar-refractivity contribution in [2.45, 2.75) is 51.4 Å². The Hall–Kier alpha value is -0.190. The van der Waals surface area contributed by atoms with Crippen LogP contribution >= 0.6 is 15.9 Å². The molecule has 2 aliphatic carbocycles. The van der Waals surface area contributed by atoms with Gasteiger partial charge in [-0.2, -0.15) is 0 Å². The van der Waals surface area contributed by atoms with Crippen LogP contribution in [0.3, 0.4) is 0 Å². The van der Waals surface area contributed by atoms with Crippen molar-refractivity contribution < 1.29 is 13.6 Å². The van der Waals surface area contributed by atoms with E-state index in [4.69, 9.17) is 0 Å². The van der Waals surface area contributed by atoms with Crippen molar-refractivity contribution in [3.05, 3.63) is 0 Å². The number of carbonyl (C=O) groups excluding carboxylic acids is 1. The van der Waals surface area contributed by atoms with Crippen molar-refractivity contribution in [1.82, 2.24) is 4.90 Å². The Morgan fingerprint density at radius 3 is 2.50 bits per heavy atom. The van der Waals surface area contributed by atoms with Gasteiger partial charge in [0.15, 0.2) is 0 Å². The van der Waals surface area contributed by atoms with E-state index < -0.39 is 13.0 Å². The molecule has 1 amide bonds. The zero-order chi connectivity index (χ0) is 14.5. The fourth-order valence-electron chi connectivity index (χ4n) is 3.92. The summed E-state index contributed by atoms with van der Waals surface area (Å²) in [4.78, 5) is 13.8. The molecule has 0 aliphatic heterocycles. The number of fused-ring (bicyclic) bond motifs is 1. The minimum Gasteiger partial charge on any atom is -0.336 e. The second kappa shape index (κ2) is 7.71. The molecule has 0 aromatic heterocycles. The minimum atomic E-state index is -2.44. The number of halogens is 3. The molecule has 116 valence electrons. The highest BCUT2D eigenvalue weighted by Gasteiger charge is 2.36. The van der Waals surface area contributed by atoms with Crippen molar-refractivity contribution in [3.8, 4) is 0 Å². The fourth-order valence-corrected chi connectivity index (χ4v) is 4.34. The zero-order valence-electron chi connectivity index (χ0n) is 11.9. The zero-order valence-corrected chi connectivity index (χ0v) is 13.5. The van der Waals surface area contributed by atoms with Crippen LogP contribution in [-0.4, -0.2) is 35.7 Å². The van der Waals surface area contributed by atoms with Gasteiger partial charge >= 0.3 is 0 Å². The smallest absolute Gasteiger partial charge is 0.255 e. The summed E-state index contributed by atoms with van der Waals surface area (Å²) >= 11 is 3.25. The number of hydrogen-bond acceptors (Lipinski definition) is 1. The van der Waals surface area contributed by atoms with Gasteiger partial charge in [0.2, 0.25) is 5.91 Å². The Labute approximate surface area is 128 Å². The Morgan fingerprint density at radius 1 is 1.15 bits per heavy atom. The molecule has 2 saturated carbocycles. The third-order valence-corrected chi connectivity index (χ3v) is 5.27. The SMILES string of the molecule is O=C(C1CCC2CCCCC2C1)N(CCBr)CC(F)F. The second-order valence-electron chi connectivity index (χ2n) is 6.18. The van der Waals surface area contributed by atoms with Crippen molar-refractivity contribution in [2.24, 2.45) is 17.8 Å². The van der Waals surface area contributed by atoms with Gasteiger partial charge in [0.25, 0.3) is 6.43 Å². The average Bonchev–Trinajstić information content (AvgIpc) is 2.45. The summed E-state index contributed by atoms with van der Waals surface area (Å²) in [7, 11) is 0. The second-order valence-corrected chi connectivity index (χ2v) is 6.97. The molecule has 0 spiro atoms. The fraction of sp³-hybridized carbons (Fsp3) is 0.933. The molecule has 3 atom stereocenters. The van der Waals surface area contributed by atoms with Gasteiger partial charge < -0.3 is 4.90 Å². The van der Waals surface area contributed by atoms with Crippen molar-refractivity contribution in [3.63, 3.8) is 0 Å². The number of amides is 1. The predicted molar refractivity (Wildman–Crippen MR) is 79.2 cm³/mol. The van der Waals surface area contributed by atoms with Gasteiger partial charge in [0.1, 0.15) is 0 Å². The molecular weight excluding hydrogens is 328 g/mol. The van der Waals surface area contributed by atoms with Crippen molar-refractivity contribution in [1.29, 1.82) is 0 Å². The topological polar surface area (TPSA) is 20.3 Å². The van der Waals surface area contributed by atoms with E-state index in [-0.39, 0.29) is 11.8 Å². The minimum absolute atomic E-state index is 0.0212. The van der Waals surface area contributed by atoms with Gasteiger partial charge in [-0.25, -0.2) is 8.78 Å². The molecule has 2 fully saturated rings. The van der Waals surface area contributed by atoms with E-state index in [1.54, 1.807) is 0 Å². The summed E-state index contributed by atoms with van der Waals surface area (Å²) in [5.41, 5.74) is 0. The Kier molecular flexibility index (Phi) is 6.24. The van der Waals surface area contributed by atoms with Crippen LogP contribution < -0.4 is 0 Å². The van der Waals surface area contributed by atoms with Crippen molar-refractivity contribution in [2.75, 3.05) is 18.4 Å². The molecular formula is C15H24BrF2NO. The van der Waals surface area contributed by atoms with Gasteiger partial charge in [-0.1, -0.05) is 41.6 Å². The standard InChI is InChI=1S/C15H24BrF2NO/c16-7-8-19(10-14(17)18)15(20)13-6-5-11-3-1-2-4-12(11)9-13/h11-14H,1-10H2. The van der Waals surface area contributed by atoms with E-state index in [1.165, 1.54) is 30.6 Å². The monoisotopic (exact) mass is 351 g/mol. The summed E-state index contributed by atoms with van der Waals surface area (Å²) in [5.74, 6) is 1.37. The van der Waals surface area contributed by atoms with Crippen LogP contribution in [0.1, 0.15) is 44.9 Å². The lowest BCUT2D eigenvalue weighted by Crippen LogP contribution is -2.43. The maximum absolute atomic E-state index is 12.6. The van der Waals surface area contributed by atoms with E-state index in [9.17, 15) is 13.6 Å². The number of rotatable bonds is 5. The maximum Gasteiger partial charge on any atom is 0.255 e. The summed E-state index contributed by atoms with van der Waals surface area (Å²) in [6, 6.07) is 0. The third kappa shape index (κ3) is 4.15. The van der Waals surface area contributed by atoms with Crippen LogP contribution in [0.25, 0.3) is 0 Å². The first-order chi connectivity index (χ1) is 9.61. The third-order valence-electron chi connectivity index (χ3n) is 4.91. The van der Waals surface area contributed by atoms with Gasteiger partial charge in [-0.05, 0) is 31.1 Å². The lowest BCUT2D eigenvalue weighted by molar-refractivity contribution is -0.139. The molecule has 0 heterocycles.